The van der Waals surface area contributed by atoms with Crippen LogP contribution in [-0.2, 0) is 21.4 Å². The predicted octanol–water partition coefficient (Wildman–Crippen LogP) is 5.99. The molecule has 2 aliphatic heterocycles. The Balaban J connectivity index is 1.16. The topological polar surface area (TPSA) is 118 Å². The minimum Gasteiger partial charge on any atom is -0.487 e. The highest BCUT2D eigenvalue weighted by Gasteiger charge is 2.47. The molecule has 3 aliphatic rings. The lowest BCUT2D eigenvalue weighted by Gasteiger charge is -2.40. The molecule has 3 aromatic rings. The molecule has 254 valence electrons. The van der Waals surface area contributed by atoms with Crippen LogP contribution >= 0.6 is 23.2 Å². The zero-order valence-corrected chi connectivity index (χ0v) is 29.6. The van der Waals surface area contributed by atoms with Crippen molar-refractivity contribution in [1.82, 2.24) is 19.5 Å². The van der Waals surface area contributed by atoms with Gasteiger partial charge in [0.05, 0.1) is 5.02 Å². The van der Waals surface area contributed by atoms with Crippen molar-refractivity contribution in [3.63, 3.8) is 0 Å². The molecule has 12 heteroatoms. The molecule has 0 spiro atoms. The fourth-order valence-electron chi connectivity index (χ4n) is 7.51. The molecule has 0 radical (unpaired) electrons. The van der Waals surface area contributed by atoms with Crippen molar-refractivity contribution in [2.24, 2.45) is 11.7 Å². The van der Waals surface area contributed by atoms with Gasteiger partial charge >= 0.3 is 0 Å². The molecule has 1 saturated carbocycles. The van der Waals surface area contributed by atoms with Crippen LogP contribution < -0.4 is 15.2 Å². The van der Waals surface area contributed by atoms with E-state index >= 15 is 0 Å². The Labute approximate surface area is 288 Å². The van der Waals surface area contributed by atoms with Crippen LogP contribution in [0.3, 0.4) is 0 Å². The molecule has 6 rings (SSSR count). The molecule has 1 aromatic heterocycles. The number of rotatable bonds is 9. The van der Waals surface area contributed by atoms with Crippen LogP contribution in [0.15, 0.2) is 41.3 Å². The van der Waals surface area contributed by atoms with E-state index in [1.807, 2.05) is 43.0 Å². The van der Waals surface area contributed by atoms with Crippen molar-refractivity contribution in [2.45, 2.75) is 88.3 Å². The van der Waals surface area contributed by atoms with Crippen molar-refractivity contribution in [3.05, 3.63) is 63.3 Å². The van der Waals surface area contributed by atoms with Crippen LogP contribution in [0.4, 0.5) is 0 Å². The van der Waals surface area contributed by atoms with E-state index in [-0.39, 0.29) is 27.5 Å². The fraction of sp³-hybridized carbons (Fsp3) is 0.543. The van der Waals surface area contributed by atoms with Crippen LogP contribution in [0.5, 0.6) is 5.75 Å². The Bertz CT molecular complexity index is 1730. The number of nitrogens with one attached hydrogen (secondary N) is 1. The van der Waals surface area contributed by atoms with Gasteiger partial charge in [0.1, 0.15) is 28.3 Å². The number of pyridine rings is 1. The number of sulfonamides is 1. The lowest BCUT2D eigenvalue weighted by Crippen LogP contribution is -2.59. The summed E-state index contributed by atoms with van der Waals surface area (Å²) in [5, 5.41) is 1.23. The van der Waals surface area contributed by atoms with Gasteiger partial charge in [-0.05, 0) is 101 Å². The van der Waals surface area contributed by atoms with Crippen molar-refractivity contribution in [1.29, 1.82) is 0 Å². The number of hydrogen-bond donors (Lipinski definition) is 2. The highest BCUT2D eigenvalue weighted by Crippen LogP contribution is 2.38. The number of halogens is 2. The van der Waals surface area contributed by atoms with E-state index in [9.17, 15) is 13.2 Å². The lowest BCUT2D eigenvalue weighted by atomic mass is 9.91. The average molecular weight is 703 g/mol. The number of fused-ring (bicyclic) bond motifs is 1. The first kappa shape index (κ1) is 34.4. The van der Waals surface area contributed by atoms with Crippen molar-refractivity contribution < 1.29 is 17.9 Å². The maximum Gasteiger partial charge on any atom is 0.243 e. The number of carbonyl (C=O) groups excluding carboxylic acids is 1. The van der Waals surface area contributed by atoms with E-state index in [1.54, 1.807) is 0 Å². The first-order chi connectivity index (χ1) is 22.5. The fourth-order valence-corrected chi connectivity index (χ4v) is 9.82. The molecule has 2 aromatic carbocycles. The largest absolute Gasteiger partial charge is 0.487 e. The molecule has 2 saturated heterocycles. The summed E-state index contributed by atoms with van der Waals surface area (Å²) in [6, 6.07) is 10.9. The molecule has 1 amide bonds. The van der Waals surface area contributed by atoms with Crippen LogP contribution in [0.25, 0.3) is 10.9 Å². The van der Waals surface area contributed by atoms with Gasteiger partial charge in [0.15, 0.2) is 0 Å². The quantitative estimate of drug-likeness (QED) is 0.281. The number of piperidine rings is 2. The van der Waals surface area contributed by atoms with Gasteiger partial charge in [0.2, 0.25) is 15.9 Å². The highest BCUT2D eigenvalue weighted by molar-refractivity contribution is 7.89. The molecular weight excluding hydrogens is 657 g/mol. The molecular formula is C35H45Cl2N5O4S. The summed E-state index contributed by atoms with van der Waals surface area (Å²) >= 11 is 13.3. The SMILES string of the molecule is Cc1cc(C)c2cccc(OCc3c(Cl)ccc(S(=O)(=O)NC4(C(=O)N5CCC(CN6CCC(N)CC6)CC5)CCCC4)c3Cl)c2n1. The van der Waals surface area contributed by atoms with E-state index in [1.165, 1.54) is 12.1 Å². The van der Waals surface area contributed by atoms with Crippen LogP contribution in [-0.4, -0.2) is 73.4 Å². The van der Waals surface area contributed by atoms with Gasteiger partial charge in [-0.25, -0.2) is 13.4 Å². The van der Waals surface area contributed by atoms with E-state index in [0.29, 0.717) is 54.7 Å². The van der Waals surface area contributed by atoms with Crippen LogP contribution in [0, 0.1) is 19.8 Å². The van der Waals surface area contributed by atoms with E-state index in [0.717, 1.165) is 74.8 Å². The number of ether oxygens (including phenoxy) is 1. The van der Waals surface area contributed by atoms with Crippen molar-refractivity contribution >= 4 is 50.0 Å². The maximum absolute atomic E-state index is 14.1. The standard InChI is InChI=1S/C35H45Cl2N5O4S/c1-23-20-24(2)39-33-27(23)6-5-7-30(33)46-22-28-29(36)8-9-31(32(28)37)47(44,45)40-35(14-3-4-15-35)34(43)42-18-10-25(11-19-42)21-41-16-12-26(38)13-17-41/h5-9,20,25-26,40H,3-4,10-19,21-22,38H2,1-2H3. The number of carbonyl (C=O) groups is 1. The summed E-state index contributed by atoms with van der Waals surface area (Å²) in [7, 11) is -4.19. The van der Waals surface area contributed by atoms with Crippen LogP contribution in [0.1, 0.15) is 68.2 Å². The van der Waals surface area contributed by atoms with E-state index in [4.69, 9.17) is 33.7 Å². The summed E-state index contributed by atoms with van der Waals surface area (Å²) in [6.07, 6.45) is 6.34. The molecule has 0 unspecified atom stereocenters. The predicted molar refractivity (Wildman–Crippen MR) is 186 cm³/mol. The number of nitrogens with two attached hydrogens (primary N) is 1. The molecule has 3 N–H and O–H groups in total. The van der Waals surface area contributed by atoms with Gasteiger partial charge in [-0.3, -0.25) is 4.79 Å². The second kappa shape index (κ2) is 14.2. The minimum atomic E-state index is -4.19. The molecule has 47 heavy (non-hydrogen) atoms. The van der Waals surface area contributed by atoms with E-state index in [2.05, 4.69) is 14.6 Å². The summed E-state index contributed by atoms with van der Waals surface area (Å²) < 4.78 is 37.0. The van der Waals surface area contributed by atoms with Gasteiger partial charge in [0.25, 0.3) is 0 Å². The van der Waals surface area contributed by atoms with E-state index < -0.39 is 15.6 Å². The number of likely N-dealkylation sites (tertiary alicyclic amines) is 2. The zero-order chi connectivity index (χ0) is 33.3. The zero-order valence-electron chi connectivity index (χ0n) is 27.2. The molecule has 9 nitrogen and oxygen atoms in total. The molecule has 0 bridgehead atoms. The summed E-state index contributed by atoms with van der Waals surface area (Å²) in [6.45, 7) is 8.25. The van der Waals surface area contributed by atoms with Crippen molar-refractivity contribution in [3.8, 4) is 5.75 Å². The third kappa shape index (κ3) is 7.43. The van der Waals surface area contributed by atoms with Gasteiger partial charge in [-0.1, -0.05) is 48.2 Å². The first-order valence-electron chi connectivity index (χ1n) is 16.7. The normalized spacial score (nSPS) is 19.8. The Morgan fingerprint density at radius 1 is 1.04 bits per heavy atom. The number of hydrogen-bond acceptors (Lipinski definition) is 7. The lowest BCUT2D eigenvalue weighted by molar-refractivity contribution is -0.139. The smallest absolute Gasteiger partial charge is 0.243 e. The molecule has 0 atom stereocenters. The summed E-state index contributed by atoms with van der Waals surface area (Å²) in [5.41, 5.74) is 7.89. The number of aryl methyl sites for hydroxylation is 2. The minimum absolute atomic E-state index is 0.0226. The number of para-hydroxylation sites is 1. The number of aromatic nitrogens is 1. The third-order valence-electron chi connectivity index (χ3n) is 10.2. The summed E-state index contributed by atoms with van der Waals surface area (Å²) in [5.74, 6) is 0.937. The molecule has 1 aliphatic carbocycles. The third-order valence-corrected chi connectivity index (χ3v) is 12.7. The number of benzene rings is 2. The second-order valence-corrected chi connectivity index (χ2v) is 16.1. The second-order valence-electron chi connectivity index (χ2n) is 13.6. The number of amides is 1. The molecule has 3 heterocycles. The summed E-state index contributed by atoms with van der Waals surface area (Å²) in [4.78, 5) is 23.0. The average Bonchev–Trinajstić information content (AvgIpc) is 3.51. The Hall–Kier alpha value is -2.47. The van der Waals surface area contributed by atoms with Crippen LogP contribution in [0.2, 0.25) is 10.0 Å². The number of nitrogens with zero attached hydrogens (tertiary/aromatic N) is 3. The van der Waals surface area contributed by atoms with Gasteiger partial charge < -0.3 is 20.3 Å². The van der Waals surface area contributed by atoms with Gasteiger partial charge in [0, 0.05) is 47.3 Å². The maximum atomic E-state index is 14.1. The van der Waals surface area contributed by atoms with Gasteiger partial charge in [-0.15, -0.1) is 0 Å². The van der Waals surface area contributed by atoms with Crippen molar-refractivity contribution in [2.75, 3.05) is 32.7 Å². The first-order valence-corrected chi connectivity index (χ1v) is 19.0. The Morgan fingerprint density at radius 2 is 1.74 bits per heavy atom. The monoisotopic (exact) mass is 701 g/mol. The van der Waals surface area contributed by atoms with Gasteiger partial charge in [-0.2, -0.15) is 4.72 Å². The molecule has 3 fully saturated rings. The Kier molecular flexibility index (Phi) is 10.4. The Morgan fingerprint density at radius 3 is 2.45 bits per heavy atom. The highest BCUT2D eigenvalue weighted by atomic mass is 35.5.